The van der Waals surface area contributed by atoms with E-state index in [2.05, 4.69) is 10.4 Å². The first kappa shape index (κ1) is 14.2. The van der Waals surface area contributed by atoms with Crippen LogP contribution in [0.1, 0.15) is 19.5 Å². The van der Waals surface area contributed by atoms with Gasteiger partial charge in [-0.2, -0.15) is 5.10 Å². The minimum Gasteiger partial charge on any atom is -0.494 e. The summed E-state index contributed by atoms with van der Waals surface area (Å²) in [6.07, 6.45) is 1.79. The molecule has 0 atom stereocenters. The average Bonchev–Trinajstić information content (AvgIpc) is 2.85. The Morgan fingerprint density at radius 1 is 1.15 bits per heavy atom. The third-order valence-corrected chi connectivity index (χ3v) is 2.94. The van der Waals surface area contributed by atoms with Crippen molar-refractivity contribution in [2.75, 3.05) is 18.5 Å². The highest BCUT2D eigenvalue weighted by molar-refractivity contribution is 5.59. The van der Waals surface area contributed by atoms with Crippen molar-refractivity contribution in [1.29, 1.82) is 0 Å². The first-order valence-electron chi connectivity index (χ1n) is 6.85. The smallest absolute Gasteiger partial charge is 0.142 e. The van der Waals surface area contributed by atoms with E-state index in [1.807, 2.05) is 49.8 Å². The van der Waals surface area contributed by atoms with Gasteiger partial charge in [-0.25, -0.2) is 0 Å². The van der Waals surface area contributed by atoms with Crippen LogP contribution < -0.4 is 14.8 Å². The summed E-state index contributed by atoms with van der Waals surface area (Å²) in [5.74, 6) is 1.67. The molecule has 0 fully saturated rings. The zero-order valence-electron chi connectivity index (χ0n) is 12.2. The first-order valence-corrected chi connectivity index (χ1v) is 6.85. The Bertz CT molecular complexity index is 552. The van der Waals surface area contributed by atoms with Gasteiger partial charge in [0, 0.05) is 19.3 Å². The molecule has 0 aliphatic rings. The van der Waals surface area contributed by atoms with E-state index in [1.54, 1.807) is 6.20 Å². The highest BCUT2D eigenvalue weighted by Crippen LogP contribution is 2.29. The van der Waals surface area contributed by atoms with Crippen LogP contribution in [0.2, 0.25) is 0 Å². The maximum atomic E-state index is 5.63. The van der Waals surface area contributed by atoms with E-state index < -0.39 is 0 Å². The Hall–Kier alpha value is -2.17. The van der Waals surface area contributed by atoms with Crippen LogP contribution in [0.4, 0.5) is 5.69 Å². The Morgan fingerprint density at radius 2 is 1.95 bits per heavy atom. The van der Waals surface area contributed by atoms with E-state index in [0.29, 0.717) is 19.8 Å². The third-order valence-electron chi connectivity index (χ3n) is 2.94. The molecule has 20 heavy (non-hydrogen) atoms. The molecule has 108 valence electrons. The van der Waals surface area contributed by atoms with Crippen LogP contribution in [0.15, 0.2) is 30.5 Å². The normalized spacial score (nSPS) is 10.3. The number of aromatic nitrogens is 2. The van der Waals surface area contributed by atoms with Crippen LogP contribution in [0, 0.1) is 0 Å². The van der Waals surface area contributed by atoms with Gasteiger partial charge in [0.15, 0.2) is 0 Å². The number of ether oxygens (including phenoxy) is 2. The van der Waals surface area contributed by atoms with E-state index in [-0.39, 0.29) is 0 Å². The van der Waals surface area contributed by atoms with Gasteiger partial charge in [-0.3, -0.25) is 4.68 Å². The second kappa shape index (κ2) is 6.84. The fraction of sp³-hybridized carbons (Fsp3) is 0.400. The molecule has 0 radical (unpaired) electrons. The summed E-state index contributed by atoms with van der Waals surface area (Å²) in [5.41, 5.74) is 2.04. The average molecular weight is 275 g/mol. The van der Waals surface area contributed by atoms with Crippen molar-refractivity contribution in [3.05, 3.63) is 36.2 Å². The molecule has 0 aliphatic carbocycles. The van der Waals surface area contributed by atoms with Gasteiger partial charge in [0.2, 0.25) is 0 Å². The molecule has 0 unspecified atom stereocenters. The summed E-state index contributed by atoms with van der Waals surface area (Å²) >= 11 is 0. The predicted molar refractivity (Wildman–Crippen MR) is 79.3 cm³/mol. The predicted octanol–water partition coefficient (Wildman–Crippen LogP) is 2.83. The molecule has 1 aromatic carbocycles. The first-order chi connectivity index (χ1) is 9.74. The molecule has 0 spiro atoms. The molecule has 0 aliphatic heterocycles. The molecule has 1 N–H and O–H groups in total. The largest absolute Gasteiger partial charge is 0.494 e. The molecule has 0 saturated carbocycles. The Balaban J connectivity index is 2.14. The molecular weight excluding hydrogens is 254 g/mol. The van der Waals surface area contributed by atoms with Crippen molar-refractivity contribution in [2.24, 2.45) is 7.05 Å². The molecular formula is C15H21N3O2. The highest BCUT2D eigenvalue weighted by atomic mass is 16.5. The molecule has 2 rings (SSSR count). The van der Waals surface area contributed by atoms with Crippen molar-refractivity contribution in [3.8, 4) is 11.5 Å². The monoisotopic (exact) mass is 275 g/mol. The molecule has 0 amide bonds. The Labute approximate surface area is 119 Å². The van der Waals surface area contributed by atoms with Crippen molar-refractivity contribution in [3.63, 3.8) is 0 Å². The Kier molecular flexibility index (Phi) is 4.87. The van der Waals surface area contributed by atoms with Crippen molar-refractivity contribution in [2.45, 2.75) is 20.4 Å². The maximum absolute atomic E-state index is 5.63. The molecule has 0 bridgehead atoms. The lowest BCUT2D eigenvalue weighted by Crippen LogP contribution is -2.07. The van der Waals surface area contributed by atoms with Gasteiger partial charge >= 0.3 is 0 Å². The lowest BCUT2D eigenvalue weighted by molar-refractivity contribution is 0.332. The molecule has 1 heterocycles. The van der Waals surface area contributed by atoms with Crippen molar-refractivity contribution in [1.82, 2.24) is 9.78 Å². The Morgan fingerprint density at radius 3 is 2.60 bits per heavy atom. The van der Waals surface area contributed by atoms with Crippen LogP contribution in [-0.2, 0) is 13.6 Å². The number of nitrogens with one attached hydrogen (secondary N) is 1. The fourth-order valence-electron chi connectivity index (χ4n) is 1.95. The fourth-order valence-corrected chi connectivity index (χ4v) is 1.95. The van der Waals surface area contributed by atoms with E-state index in [0.717, 1.165) is 22.9 Å². The van der Waals surface area contributed by atoms with Gasteiger partial charge in [0.1, 0.15) is 11.5 Å². The second-order valence-electron chi connectivity index (χ2n) is 4.32. The number of rotatable bonds is 7. The summed E-state index contributed by atoms with van der Waals surface area (Å²) in [6.45, 7) is 5.91. The SMILES string of the molecule is CCOc1ccc(OCC)c(NCc2ccnn2C)c1. The van der Waals surface area contributed by atoms with E-state index in [1.165, 1.54) is 0 Å². The summed E-state index contributed by atoms with van der Waals surface area (Å²) in [7, 11) is 1.93. The van der Waals surface area contributed by atoms with Gasteiger partial charge in [-0.15, -0.1) is 0 Å². The molecule has 5 heteroatoms. The standard InChI is InChI=1S/C15H21N3O2/c1-4-19-13-6-7-15(20-5-2)14(10-13)16-11-12-8-9-17-18(12)3/h6-10,16H,4-5,11H2,1-3H3. The van der Waals surface area contributed by atoms with Crippen molar-refractivity contribution >= 4 is 5.69 Å². The van der Waals surface area contributed by atoms with Crippen molar-refractivity contribution < 1.29 is 9.47 Å². The van der Waals surface area contributed by atoms with Crippen LogP contribution in [0.25, 0.3) is 0 Å². The van der Waals surface area contributed by atoms with E-state index >= 15 is 0 Å². The van der Waals surface area contributed by atoms with E-state index in [9.17, 15) is 0 Å². The quantitative estimate of drug-likeness (QED) is 0.844. The minimum atomic E-state index is 0.633. The van der Waals surface area contributed by atoms with Gasteiger partial charge in [0.05, 0.1) is 31.1 Å². The highest BCUT2D eigenvalue weighted by Gasteiger charge is 2.07. The number of hydrogen-bond donors (Lipinski definition) is 1. The number of benzene rings is 1. The lowest BCUT2D eigenvalue weighted by Gasteiger charge is -2.14. The van der Waals surface area contributed by atoms with Crippen LogP contribution in [-0.4, -0.2) is 23.0 Å². The van der Waals surface area contributed by atoms with E-state index in [4.69, 9.17) is 9.47 Å². The zero-order valence-corrected chi connectivity index (χ0v) is 12.2. The van der Waals surface area contributed by atoms with Crippen LogP contribution in [0.3, 0.4) is 0 Å². The van der Waals surface area contributed by atoms with Crippen LogP contribution in [0.5, 0.6) is 11.5 Å². The van der Waals surface area contributed by atoms with Gasteiger partial charge in [-0.1, -0.05) is 0 Å². The number of anilines is 1. The van der Waals surface area contributed by atoms with Gasteiger partial charge in [-0.05, 0) is 32.0 Å². The third kappa shape index (κ3) is 3.44. The maximum Gasteiger partial charge on any atom is 0.142 e. The number of aryl methyl sites for hydroxylation is 1. The number of nitrogens with zero attached hydrogens (tertiary/aromatic N) is 2. The summed E-state index contributed by atoms with van der Waals surface area (Å²) < 4.78 is 13.0. The lowest BCUT2D eigenvalue weighted by atomic mass is 10.2. The van der Waals surface area contributed by atoms with Gasteiger partial charge in [0.25, 0.3) is 0 Å². The molecule has 5 nitrogen and oxygen atoms in total. The van der Waals surface area contributed by atoms with Gasteiger partial charge < -0.3 is 14.8 Å². The summed E-state index contributed by atoms with van der Waals surface area (Å²) in [6, 6.07) is 7.80. The molecule has 1 aromatic heterocycles. The minimum absolute atomic E-state index is 0.633. The summed E-state index contributed by atoms with van der Waals surface area (Å²) in [5, 5.41) is 7.53. The second-order valence-corrected chi connectivity index (χ2v) is 4.32. The summed E-state index contributed by atoms with van der Waals surface area (Å²) in [4.78, 5) is 0. The zero-order chi connectivity index (χ0) is 14.4. The molecule has 0 saturated heterocycles. The number of hydrogen-bond acceptors (Lipinski definition) is 4. The van der Waals surface area contributed by atoms with Crippen LogP contribution >= 0.6 is 0 Å². The molecule has 2 aromatic rings. The topological polar surface area (TPSA) is 48.3 Å².